The van der Waals surface area contributed by atoms with E-state index < -0.39 is 22.0 Å². The third-order valence-electron chi connectivity index (χ3n) is 7.74. The normalized spacial score (nSPS) is 14.4. The Morgan fingerprint density at radius 2 is 1.51 bits per heavy atom. The molecule has 9 nitrogen and oxygen atoms in total. The number of carbonyl (C=O) groups excluding carboxylic acids is 2. The molecule has 0 radical (unpaired) electrons. The number of nitrogens with one attached hydrogen (secondary N) is 1. The van der Waals surface area contributed by atoms with Gasteiger partial charge in [-0.1, -0.05) is 72.3 Å². The quantitative estimate of drug-likeness (QED) is 0.258. The molecule has 0 bridgehead atoms. The fourth-order valence-electron chi connectivity index (χ4n) is 5.18. The lowest BCUT2D eigenvalue weighted by atomic mass is 10.00. The minimum atomic E-state index is -3.73. The summed E-state index contributed by atoms with van der Waals surface area (Å²) in [6.07, 6.45) is 0. The summed E-state index contributed by atoms with van der Waals surface area (Å²) in [7, 11) is -2.14. The van der Waals surface area contributed by atoms with Crippen molar-refractivity contribution in [2.24, 2.45) is 0 Å². The van der Waals surface area contributed by atoms with E-state index in [0.717, 1.165) is 16.7 Å². The maximum absolute atomic E-state index is 14.3. The van der Waals surface area contributed by atoms with E-state index in [4.69, 9.17) is 9.47 Å². The predicted molar refractivity (Wildman–Crippen MR) is 171 cm³/mol. The van der Waals surface area contributed by atoms with E-state index in [1.807, 2.05) is 85.8 Å². The molecule has 4 aromatic rings. The molecule has 1 fully saturated rings. The van der Waals surface area contributed by atoms with Gasteiger partial charge in [0.05, 0.1) is 25.2 Å². The van der Waals surface area contributed by atoms with Crippen molar-refractivity contribution in [2.75, 3.05) is 33.4 Å². The molecule has 0 aliphatic carbocycles. The zero-order valence-electron chi connectivity index (χ0n) is 25.4. The number of sulfonamides is 1. The van der Waals surface area contributed by atoms with Gasteiger partial charge in [0.15, 0.2) is 0 Å². The van der Waals surface area contributed by atoms with E-state index in [1.54, 1.807) is 7.11 Å². The molecule has 5 rings (SSSR count). The zero-order chi connectivity index (χ0) is 31.8. The van der Waals surface area contributed by atoms with Crippen LogP contribution in [0.4, 0.5) is 0 Å². The fourth-order valence-corrected chi connectivity index (χ4v) is 6.59. The zero-order valence-corrected chi connectivity index (χ0v) is 26.2. The van der Waals surface area contributed by atoms with Crippen LogP contribution in [-0.2, 0) is 32.6 Å². The maximum atomic E-state index is 14.3. The summed E-state index contributed by atoms with van der Waals surface area (Å²) in [5, 5.41) is 3.02. The number of aryl methyl sites for hydroxylation is 1. The number of hydrogen-bond donors (Lipinski definition) is 1. The Bertz CT molecular complexity index is 1690. The number of methoxy groups -OCH3 is 1. The van der Waals surface area contributed by atoms with E-state index in [0.29, 0.717) is 24.5 Å². The van der Waals surface area contributed by atoms with Crippen LogP contribution in [0.1, 0.15) is 38.7 Å². The monoisotopic (exact) mass is 627 g/mol. The first-order chi connectivity index (χ1) is 21.8. The standard InChI is InChI=1S/C35H37N3O6S/c1-26-8-12-29(13-9-26)33(34(39)36-24-27-10-16-31(43-2)17-11-27)38(25-28-6-4-3-5-7-28)35(40)30-14-18-32(19-15-30)45(41,42)37-20-22-44-23-21-37/h3-19,33H,20-25H2,1-2H3,(H,36,39). The second-order valence-electron chi connectivity index (χ2n) is 10.8. The third kappa shape index (κ3) is 7.78. The summed E-state index contributed by atoms with van der Waals surface area (Å²) >= 11 is 0. The SMILES string of the molecule is COc1ccc(CNC(=O)C(c2ccc(C)cc2)N(Cc2ccccc2)C(=O)c2ccc(S(=O)(=O)N3CCOCC3)cc2)cc1. The summed E-state index contributed by atoms with van der Waals surface area (Å²) < 4.78 is 38.3. The van der Waals surface area contributed by atoms with Crippen LogP contribution in [0.15, 0.2) is 108 Å². The van der Waals surface area contributed by atoms with Gasteiger partial charge in [0.25, 0.3) is 5.91 Å². The number of nitrogens with zero attached hydrogens (tertiary/aromatic N) is 2. The average molecular weight is 628 g/mol. The van der Waals surface area contributed by atoms with Crippen LogP contribution in [0, 0.1) is 6.92 Å². The Morgan fingerprint density at radius 3 is 2.13 bits per heavy atom. The van der Waals surface area contributed by atoms with Gasteiger partial charge in [0.1, 0.15) is 11.8 Å². The van der Waals surface area contributed by atoms with E-state index in [9.17, 15) is 18.0 Å². The van der Waals surface area contributed by atoms with E-state index in [-0.39, 0.29) is 42.5 Å². The smallest absolute Gasteiger partial charge is 0.255 e. The highest BCUT2D eigenvalue weighted by Gasteiger charge is 2.33. The van der Waals surface area contributed by atoms with Crippen LogP contribution >= 0.6 is 0 Å². The molecule has 0 aromatic heterocycles. The highest BCUT2D eigenvalue weighted by molar-refractivity contribution is 7.89. The molecule has 234 valence electrons. The van der Waals surface area contributed by atoms with Crippen molar-refractivity contribution < 1.29 is 27.5 Å². The molecular formula is C35H37N3O6S. The lowest BCUT2D eigenvalue weighted by Crippen LogP contribution is -2.43. The molecule has 0 saturated carbocycles. The summed E-state index contributed by atoms with van der Waals surface area (Å²) in [6.45, 7) is 3.60. The highest BCUT2D eigenvalue weighted by atomic mass is 32.2. The molecule has 45 heavy (non-hydrogen) atoms. The van der Waals surface area contributed by atoms with Crippen molar-refractivity contribution in [3.8, 4) is 5.75 Å². The lowest BCUT2D eigenvalue weighted by molar-refractivity contribution is -0.126. The van der Waals surface area contributed by atoms with Crippen molar-refractivity contribution in [1.29, 1.82) is 0 Å². The van der Waals surface area contributed by atoms with Crippen molar-refractivity contribution in [3.63, 3.8) is 0 Å². The van der Waals surface area contributed by atoms with Crippen LogP contribution < -0.4 is 10.1 Å². The summed E-state index contributed by atoms with van der Waals surface area (Å²) in [5.74, 6) is -0.0316. The highest BCUT2D eigenvalue weighted by Crippen LogP contribution is 2.27. The van der Waals surface area contributed by atoms with Gasteiger partial charge in [-0.3, -0.25) is 9.59 Å². The van der Waals surface area contributed by atoms with Crippen molar-refractivity contribution in [1.82, 2.24) is 14.5 Å². The molecule has 2 amide bonds. The van der Waals surface area contributed by atoms with Gasteiger partial charge in [-0.2, -0.15) is 4.31 Å². The minimum Gasteiger partial charge on any atom is -0.497 e. The number of rotatable bonds is 11. The lowest BCUT2D eigenvalue weighted by Gasteiger charge is -2.32. The largest absolute Gasteiger partial charge is 0.497 e. The van der Waals surface area contributed by atoms with Gasteiger partial charge < -0.3 is 19.7 Å². The molecule has 1 heterocycles. The minimum absolute atomic E-state index is 0.0999. The first-order valence-electron chi connectivity index (χ1n) is 14.8. The molecule has 1 atom stereocenters. The predicted octanol–water partition coefficient (Wildman–Crippen LogP) is 4.72. The number of ether oxygens (including phenoxy) is 2. The Labute approximate surface area is 264 Å². The Balaban J connectivity index is 1.47. The van der Waals surface area contributed by atoms with Gasteiger partial charge in [0.2, 0.25) is 15.9 Å². The van der Waals surface area contributed by atoms with Gasteiger partial charge >= 0.3 is 0 Å². The molecule has 1 aliphatic rings. The molecule has 4 aromatic carbocycles. The second kappa shape index (κ2) is 14.5. The summed E-state index contributed by atoms with van der Waals surface area (Å²) in [5.41, 5.74) is 3.67. The molecule has 1 aliphatic heterocycles. The van der Waals surface area contributed by atoms with Gasteiger partial charge in [-0.05, 0) is 60.0 Å². The second-order valence-corrected chi connectivity index (χ2v) is 12.8. The molecule has 10 heteroatoms. The first kappa shape index (κ1) is 31.9. The van der Waals surface area contributed by atoms with Crippen LogP contribution in [0.3, 0.4) is 0 Å². The molecule has 1 saturated heterocycles. The first-order valence-corrected chi connectivity index (χ1v) is 16.2. The average Bonchev–Trinajstić information content (AvgIpc) is 3.08. The summed E-state index contributed by atoms with van der Waals surface area (Å²) in [4.78, 5) is 30.0. The van der Waals surface area contributed by atoms with Crippen molar-refractivity contribution >= 4 is 21.8 Å². The third-order valence-corrected chi connectivity index (χ3v) is 9.66. The molecule has 0 spiro atoms. The summed E-state index contributed by atoms with van der Waals surface area (Å²) in [6, 6.07) is 29.4. The van der Waals surface area contributed by atoms with Gasteiger partial charge in [0, 0.05) is 31.7 Å². The van der Waals surface area contributed by atoms with E-state index in [1.165, 1.54) is 33.5 Å². The molecule has 1 N–H and O–H groups in total. The van der Waals surface area contributed by atoms with Crippen LogP contribution in [0.2, 0.25) is 0 Å². The maximum Gasteiger partial charge on any atom is 0.255 e. The Hall–Kier alpha value is -4.51. The van der Waals surface area contributed by atoms with Gasteiger partial charge in [-0.25, -0.2) is 8.42 Å². The number of morpholine rings is 1. The number of carbonyl (C=O) groups is 2. The van der Waals surface area contributed by atoms with Crippen LogP contribution in [0.25, 0.3) is 0 Å². The van der Waals surface area contributed by atoms with E-state index >= 15 is 0 Å². The van der Waals surface area contributed by atoms with E-state index in [2.05, 4.69) is 5.32 Å². The molecule has 1 unspecified atom stereocenters. The van der Waals surface area contributed by atoms with Crippen molar-refractivity contribution in [2.45, 2.75) is 31.0 Å². The topological polar surface area (TPSA) is 105 Å². The Morgan fingerprint density at radius 1 is 0.867 bits per heavy atom. The number of benzene rings is 4. The Kier molecular flexibility index (Phi) is 10.3. The van der Waals surface area contributed by atoms with Gasteiger partial charge in [-0.15, -0.1) is 0 Å². The van der Waals surface area contributed by atoms with Crippen LogP contribution in [-0.4, -0.2) is 62.9 Å². The number of amides is 2. The van der Waals surface area contributed by atoms with Crippen LogP contribution in [0.5, 0.6) is 5.75 Å². The molecular weight excluding hydrogens is 590 g/mol. The van der Waals surface area contributed by atoms with Crippen molar-refractivity contribution in [3.05, 3.63) is 131 Å². The number of hydrogen-bond acceptors (Lipinski definition) is 6. The fraction of sp³-hybridized carbons (Fsp3) is 0.257.